The van der Waals surface area contributed by atoms with Gasteiger partial charge in [0.2, 0.25) is 0 Å². The summed E-state index contributed by atoms with van der Waals surface area (Å²) in [5.74, 6) is 0. The van der Waals surface area contributed by atoms with Gasteiger partial charge in [0, 0.05) is 0 Å². The van der Waals surface area contributed by atoms with Crippen LogP contribution in [0.1, 0.15) is 4.44 Å². The number of rotatable bonds is 2. The average molecular weight is 375 g/mol. The SMILES string of the molecule is N#Cc1[se]c2nnc(-c3ccccc3)c(-c3ccccc3)c2c1N. The number of hydrogen-bond acceptors (Lipinski definition) is 4. The van der Waals surface area contributed by atoms with Gasteiger partial charge >= 0.3 is 145 Å². The second-order valence-electron chi connectivity index (χ2n) is 5.29. The van der Waals surface area contributed by atoms with E-state index in [1.54, 1.807) is 0 Å². The molecule has 24 heavy (non-hydrogen) atoms. The summed E-state index contributed by atoms with van der Waals surface area (Å²) in [4.78, 5) is 0. The van der Waals surface area contributed by atoms with E-state index < -0.39 is 0 Å². The van der Waals surface area contributed by atoms with Crippen LogP contribution < -0.4 is 5.73 Å². The summed E-state index contributed by atoms with van der Waals surface area (Å²) in [6, 6.07) is 22.2. The van der Waals surface area contributed by atoms with Gasteiger partial charge in [0.15, 0.2) is 0 Å². The molecule has 4 aromatic rings. The van der Waals surface area contributed by atoms with Crippen molar-refractivity contribution in [1.29, 1.82) is 5.26 Å². The van der Waals surface area contributed by atoms with Crippen molar-refractivity contribution in [3.63, 3.8) is 0 Å². The standard InChI is InChI=1S/C19H12N4Se/c20-11-14-17(21)16-15(12-7-3-1-4-8-12)18(22-23-19(16)24-14)13-9-5-2-6-10-13/h1-10H,21H2. The number of nitrogen functional groups attached to an aromatic ring is 1. The van der Waals surface area contributed by atoms with Gasteiger partial charge in [-0.1, -0.05) is 0 Å². The molecule has 0 radical (unpaired) electrons. The summed E-state index contributed by atoms with van der Waals surface area (Å²) in [7, 11) is 0. The Bertz CT molecular complexity index is 1060. The number of fused-ring (bicyclic) bond motifs is 1. The third kappa shape index (κ3) is 2.30. The Balaban J connectivity index is 2.14. The molecule has 2 aromatic heterocycles. The number of nitriles is 1. The van der Waals surface area contributed by atoms with Crippen LogP contribution in [-0.2, 0) is 0 Å². The van der Waals surface area contributed by atoms with E-state index in [0.717, 1.165) is 32.2 Å². The third-order valence-electron chi connectivity index (χ3n) is 3.87. The predicted octanol–water partition coefficient (Wildman–Crippen LogP) is 3.47. The second-order valence-corrected chi connectivity index (χ2v) is 7.39. The number of aromatic nitrogens is 2. The Morgan fingerprint density at radius 3 is 2.12 bits per heavy atom. The zero-order valence-electron chi connectivity index (χ0n) is 12.6. The van der Waals surface area contributed by atoms with Crippen molar-refractivity contribution in [2.24, 2.45) is 0 Å². The molecule has 0 amide bonds. The van der Waals surface area contributed by atoms with Crippen molar-refractivity contribution >= 4 is 30.0 Å². The number of nitrogens with zero attached hydrogens (tertiary/aromatic N) is 3. The molecule has 0 aliphatic rings. The molecule has 0 atom stereocenters. The molecule has 0 unspecified atom stereocenters. The molecule has 4 rings (SSSR count). The summed E-state index contributed by atoms with van der Waals surface area (Å²) in [5.41, 5.74) is 10.6. The van der Waals surface area contributed by atoms with Crippen molar-refractivity contribution in [3.05, 3.63) is 65.1 Å². The predicted molar refractivity (Wildman–Crippen MR) is 96.5 cm³/mol. The summed E-state index contributed by atoms with van der Waals surface area (Å²) in [6.45, 7) is 0. The van der Waals surface area contributed by atoms with Crippen LogP contribution in [0.15, 0.2) is 60.7 Å². The van der Waals surface area contributed by atoms with Gasteiger partial charge in [-0.3, -0.25) is 0 Å². The van der Waals surface area contributed by atoms with Gasteiger partial charge in [-0.15, -0.1) is 0 Å². The molecule has 2 aromatic carbocycles. The fourth-order valence-electron chi connectivity index (χ4n) is 2.77. The molecule has 0 spiro atoms. The molecule has 0 fully saturated rings. The Morgan fingerprint density at radius 1 is 0.875 bits per heavy atom. The first kappa shape index (κ1) is 14.6. The number of benzene rings is 2. The first-order valence-electron chi connectivity index (χ1n) is 7.39. The van der Waals surface area contributed by atoms with E-state index in [1.165, 1.54) is 0 Å². The van der Waals surface area contributed by atoms with E-state index >= 15 is 0 Å². The first-order valence-corrected chi connectivity index (χ1v) is 9.10. The molecule has 2 N–H and O–H groups in total. The molecule has 0 aliphatic carbocycles. The number of hydrogen-bond donors (Lipinski definition) is 1. The summed E-state index contributed by atoms with van der Waals surface area (Å²) in [6.07, 6.45) is 0. The van der Waals surface area contributed by atoms with E-state index in [1.807, 2.05) is 60.7 Å². The Morgan fingerprint density at radius 2 is 1.50 bits per heavy atom. The van der Waals surface area contributed by atoms with Crippen LogP contribution in [0.5, 0.6) is 0 Å². The Labute approximate surface area is 144 Å². The Hall–Kier alpha value is -2.93. The molecular weight excluding hydrogens is 363 g/mol. The summed E-state index contributed by atoms with van der Waals surface area (Å²) in [5, 5.41) is 19.1. The van der Waals surface area contributed by atoms with Crippen LogP contribution in [-0.4, -0.2) is 24.7 Å². The minimum atomic E-state index is -0.181. The monoisotopic (exact) mass is 376 g/mol. The molecule has 2 heterocycles. The molecule has 0 aliphatic heterocycles. The van der Waals surface area contributed by atoms with E-state index in [-0.39, 0.29) is 14.5 Å². The third-order valence-corrected chi connectivity index (χ3v) is 5.95. The van der Waals surface area contributed by atoms with Crippen molar-refractivity contribution in [2.75, 3.05) is 5.73 Å². The average Bonchev–Trinajstić information content (AvgIpc) is 2.98. The normalized spacial score (nSPS) is 10.6. The van der Waals surface area contributed by atoms with Gasteiger partial charge in [0.25, 0.3) is 0 Å². The number of nitrogens with two attached hydrogens (primary N) is 1. The molecule has 5 heteroatoms. The second kappa shape index (κ2) is 5.93. The maximum atomic E-state index is 9.34. The molecule has 0 saturated heterocycles. The summed E-state index contributed by atoms with van der Waals surface area (Å²) >= 11 is -0.181. The van der Waals surface area contributed by atoms with Gasteiger partial charge in [-0.2, -0.15) is 0 Å². The molecular formula is C19H12N4Se. The van der Waals surface area contributed by atoms with Crippen molar-refractivity contribution in [3.8, 4) is 28.5 Å². The van der Waals surface area contributed by atoms with Gasteiger partial charge in [0.1, 0.15) is 0 Å². The maximum absolute atomic E-state index is 9.34. The first-order chi connectivity index (χ1) is 11.8. The van der Waals surface area contributed by atoms with Crippen LogP contribution in [0.3, 0.4) is 0 Å². The quantitative estimate of drug-likeness (QED) is 0.545. The molecule has 114 valence electrons. The van der Waals surface area contributed by atoms with Crippen molar-refractivity contribution < 1.29 is 0 Å². The minimum absolute atomic E-state index is 0.181. The molecule has 4 nitrogen and oxygen atoms in total. The number of anilines is 1. The molecule has 0 saturated carbocycles. The zero-order chi connectivity index (χ0) is 16.5. The van der Waals surface area contributed by atoms with Gasteiger partial charge in [-0.05, 0) is 0 Å². The van der Waals surface area contributed by atoms with Crippen LogP contribution >= 0.6 is 0 Å². The van der Waals surface area contributed by atoms with Gasteiger partial charge in [0.05, 0.1) is 0 Å². The topological polar surface area (TPSA) is 75.6 Å². The van der Waals surface area contributed by atoms with E-state index in [2.05, 4.69) is 16.3 Å². The van der Waals surface area contributed by atoms with E-state index in [0.29, 0.717) is 10.1 Å². The van der Waals surface area contributed by atoms with E-state index in [4.69, 9.17) is 5.73 Å². The van der Waals surface area contributed by atoms with Crippen molar-refractivity contribution in [1.82, 2.24) is 10.2 Å². The van der Waals surface area contributed by atoms with Gasteiger partial charge < -0.3 is 0 Å². The Kier molecular flexibility index (Phi) is 3.62. The van der Waals surface area contributed by atoms with Crippen LogP contribution in [0.25, 0.3) is 32.2 Å². The van der Waals surface area contributed by atoms with E-state index in [9.17, 15) is 5.26 Å². The van der Waals surface area contributed by atoms with Crippen LogP contribution in [0.2, 0.25) is 0 Å². The fraction of sp³-hybridized carbons (Fsp3) is 0. The van der Waals surface area contributed by atoms with Crippen LogP contribution in [0.4, 0.5) is 5.69 Å². The van der Waals surface area contributed by atoms with Gasteiger partial charge in [-0.25, -0.2) is 0 Å². The van der Waals surface area contributed by atoms with Crippen molar-refractivity contribution in [2.45, 2.75) is 0 Å². The fourth-order valence-corrected chi connectivity index (χ4v) is 4.55. The van der Waals surface area contributed by atoms with Crippen LogP contribution in [0, 0.1) is 11.3 Å². The zero-order valence-corrected chi connectivity index (χ0v) is 14.3. The molecule has 0 bridgehead atoms. The summed E-state index contributed by atoms with van der Waals surface area (Å²) < 4.78 is 1.45.